The van der Waals surface area contributed by atoms with Crippen LogP contribution in [0.3, 0.4) is 0 Å². The van der Waals surface area contributed by atoms with Crippen molar-refractivity contribution in [1.82, 2.24) is 0 Å². The Labute approximate surface area is 93.6 Å². The van der Waals surface area contributed by atoms with Gasteiger partial charge in [0, 0.05) is 0 Å². The van der Waals surface area contributed by atoms with Gasteiger partial charge in [-0.15, -0.1) is 0 Å². The largest absolute Gasteiger partial charge is 0.294 e. The Bertz CT molecular complexity index is 491. The second-order valence-electron chi connectivity index (χ2n) is 2.78. The van der Waals surface area contributed by atoms with Crippen molar-refractivity contribution in [3.8, 4) is 6.07 Å². The maximum atomic E-state index is 11.2. The molecule has 0 radical (unpaired) electrons. The monoisotopic (exact) mass is 268 g/mol. The number of hydrogen-bond donors (Lipinski definition) is 0. The van der Waals surface area contributed by atoms with Crippen LogP contribution in [0.25, 0.3) is 0 Å². The van der Waals surface area contributed by atoms with Crippen LogP contribution in [-0.4, -0.2) is 10.7 Å². The summed E-state index contributed by atoms with van der Waals surface area (Å²) in [5.74, 6) is -0.445. The molecule has 0 aromatic heterocycles. The predicted octanol–water partition coefficient (Wildman–Crippen LogP) is 2.43. The highest BCUT2D eigenvalue weighted by Crippen LogP contribution is 2.30. The molecule has 1 aromatic rings. The maximum Gasteiger partial charge on any atom is 0.294 e. The van der Waals surface area contributed by atoms with Crippen molar-refractivity contribution in [2.45, 2.75) is 6.92 Å². The Kier molecular flexibility index (Phi) is 3.17. The first-order valence-corrected chi connectivity index (χ1v) is 4.65. The van der Waals surface area contributed by atoms with Crippen LogP contribution in [0, 0.1) is 21.4 Å². The molecule has 0 spiro atoms. The lowest BCUT2D eigenvalue weighted by Crippen LogP contribution is -2.01. The second kappa shape index (κ2) is 4.19. The van der Waals surface area contributed by atoms with E-state index in [2.05, 4.69) is 15.9 Å². The van der Waals surface area contributed by atoms with Crippen molar-refractivity contribution >= 4 is 27.4 Å². The molecule has 0 N–H and O–H groups in total. The number of halogens is 1. The number of nitrogens with zero attached hydrogens (tertiary/aromatic N) is 2. The van der Waals surface area contributed by atoms with Crippen molar-refractivity contribution in [2.24, 2.45) is 0 Å². The summed E-state index contributed by atoms with van der Waals surface area (Å²) >= 11 is 2.96. The molecule has 0 saturated heterocycles. The predicted molar refractivity (Wildman–Crippen MR) is 55.5 cm³/mol. The fourth-order valence-electron chi connectivity index (χ4n) is 1.12. The maximum absolute atomic E-state index is 11.2. The summed E-state index contributed by atoms with van der Waals surface area (Å²) in [4.78, 5) is 21.2. The minimum atomic E-state index is -0.651. The molecule has 5 nitrogen and oxygen atoms in total. The van der Waals surface area contributed by atoms with Gasteiger partial charge in [-0.1, -0.05) is 0 Å². The van der Waals surface area contributed by atoms with Crippen LogP contribution in [0.2, 0.25) is 0 Å². The zero-order valence-electron chi connectivity index (χ0n) is 7.65. The Morgan fingerprint density at radius 3 is 2.60 bits per heavy atom. The third-order valence-electron chi connectivity index (χ3n) is 1.75. The second-order valence-corrected chi connectivity index (χ2v) is 3.63. The first-order chi connectivity index (χ1) is 6.97. The molecule has 0 heterocycles. The van der Waals surface area contributed by atoms with E-state index >= 15 is 0 Å². The fourth-order valence-corrected chi connectivity index (χ4v) is 1.72. The van der Waals surface area contributed by atoms with Gasteiger partial charge in [-0.2, -0.15) is 5.26 Å². The molecule has 0 aliphatic rings. The van der Waals surface area contributed by atoms with Gasteiger partial charge >= 0.3 is 0 Å². The molecular formula is C9H5BrN2O3. The Balaban J connectivity index is 3.58. The summed E-state index contributed by atoms with van der Waals surface area (Å²) in [6.45, 7) is 1.22. The van der Waals surface area contributed by atoms with Gasteiger partial charge in [-0.05, 0) is 35.0 Å². The van der Waals surface area contributed by atoms with Crippen LogP contribution in [0.1, 0.15) is 22.8 Å². The van der Waals surface area contributed by atoms with Crippen LogP contribution >= 0.6 is 15.9 Å². The van der Waals surface area contributed by atoms with Gasteiger partial charge in [0.25, 0.3) is 5.69 Å². The summed E-state index contributed by atoms with van der Waals surface area (Å²) in [6, 6.07) is 4.35. The van der Waals surface area contributed by atoms with Gasteiger partial charge in [-0.25, -0.2) is 0 Å². The first kappa shape index (κ1) is 11.3. The molecular weight excluding hydrogens is 264 g/mol. The summed E-state index contributed by atoms with van der Waals surface area (Å²) in [5, 5.41) is 19.3. The van der Waals surface area contributed by atoms with Gasteiger partial charge in [0.05, 0.1) is 26.6 Å². The lowest BCUT2D eigenvalue weighted by Gasteiger charge is -2.01. The van der Waals surface area contributed by atoms with Gasteiger partial charge in [0.1, 0.15) is 0 Å². The van der Waals surface area contributed by atoms with Crippen molar-refractivity contribution in [1.29, 1.82) is 5.26 Å². The number of rotatable bonds is 2. The van der Waals surface area contributed by atoms with Gasteiger partial charge < -0.3 is 0 Å². The molecule has 0 aliphatic carbocycles. The van der Waals surface area contributed by atoms with Gasteiger partial charge in [-0.3, -0.25) is 14.9 Å². The highest BCUT2D eigenvalue weighted by atomic mass is 79.9. The van der Waals surface area contributed by atoms with Gasteiger partial charge in [0.2, 0.25) is 0 Å². The average molecular weight is 269 g/mol. The number of hydrogen-bond acceptors (Lipinski definition) is 4. The van der Waals surface area contributed by atoms with Crippen molar-refractivity contribution in [2.75, 3.05) is 0 Å². The minimum absolute atomic E-state index is 0.0640. The van der Waals surface area contributed by atoms with E-state index in [1.807, 2.05) is 6.07 Å². The number of nitriles is 1. The minimum Gasteiger partial charge on any atom is -0.294 e. The summed E-state index contributed by atoms with van der Waals surface area (Å²) < 4.78 is 0.136. The summed E-state index contributed by atoms with van der Waals surface area (Å²) in [5.41, 5.74) is -0.162. The third-order valence-corrected chi connectivity index (χ3v) is 2.36. The van der Waals surface area contributed by atoms with E-state index in [1.165, 1.54) is 19.1 Å². The highest BCUT2D eigenvalue weighted by Gasteiger charge is 2.22. The molecule has 15 heavy (non-hydrogen) atoms. The van der Waals surface area contributed by atoms with E-state index in [-0.39, 0.29) is 21.3 Å². The Morgan fingerprint density at radius 2 is 2.20 bits per heavy atom. The molecule has 0 amide bonds. The molecule has 0 bridgehead atoms. The number of carbonyl (C=O) groups is 1. The summed E-state index contributed by atoms with van der Waals surface area (Å²) in [6.07, 6.45) is 0. The van der Waals surface area contributed by atoms with E-state index in [9.17, 15) is 14.9 Å². The number of nitro groups is 1. The van der Waals surface area contributed by atoms with Crippen LogP contribution in [0.4, 0.5) is 5.69 Å². The number of Topliss-reactive ketones (excluding diaryl/α,β-unsaturated/α-hetero) is 1. The number of benzene rings is 1. The molecule has 0 saturated carbocycles. The molecule has 1 rings (SSSR count). The van der Waals surface area contributed by atoms with Crippen LogP contribution in [0.5, 0.6) is 0 Å². The smallest absolute Gasteiger partial charge is 0.294 e. The highest BCUT2D eigenvalue weighted by molar-refractivity contribution is 9.10. The zero-order chi connectivity index (χ0) is 11.6. The lowest BCUT2D eigenvalue weighted by molar-refractivity contribution is -0.385. The fraction of sp³-hybridized carbons (Fsp3) is 0.111. The normalized spacial score (nSPS) is 9.40. The first-order valence-electron chi connectivity index (χ1n) is 3.86. The Morgan fingerprint density at radius 1 is 1.60 bits per heavy atom. The van der Waals surface area contributed by atoms with E-state index in [1.54, 1.807) is 0 Å². The molecule has 0 aliphatic heterocycles. The van der Waals surface area contributed by atoms with E-state index in [0.29, 0.717) is 0 Å². The lowest BCUT2D eigenvalue weighted by atomic mass is 10.1. The quantitative estimate of drug-likeness (QED) is 0.469. The zero-order valence-corrected chi connectivity index (χ0v) is 9.24. The van der Waals surface area contributed by atoms with Gasteiger partial charge in [0.15, 0.2) is 5.78 Å². The standard InChI is InChI=1S/C9H5BrN2O3/c1-5(13)7-2-6(4-11)3-8(10)9(7)12(14)15/h2-3H,1H3. The van der Waals surface area contributed by atoms with E-state index in [0.717, 1.165) is 0 Å². The Hall–Kier alpha value is -1.74. The topological polar surface area (TPSA) is 84.0 Å². The van der Waals surface area contributed by atoms with Crippen molar-refractivity contribution in [3.05, 3.63) is 37.8 Å². The summed E-state index contributed by atoms with van der Waals surface area (Å²) in [7, 11) is 0. The molecule has 0 fully saturated rings. The number of nitro benzene ring substituents is 1. The van der Waals surface area contributed by atoms with Crippen molar-refractivity contribution < 1.29 is 9.72 Å². The molecule has 6 heteroatoms. The van der Waals surface area contributed by atoms with Crippen molar-refractivity contribution in [3.63, 3.8) is 0 Å². The SMILES string of the molecule is CC(=O)c1cc(C#N)cc(Br)c1[N+](=O)[O-]. The molecule has 76 valence electrons. The third kappa shape index (κ3) is 2.19. The average Bonchev–Trinajstić information content (AvgIpc) is 2.15. The molecule has 0 unspecified atom stereocenters. The van der Waals surface area contributed by atoms with E-state index < -0.39 is 10.7 Å². The molecule has 1 aromatic carbocycles. The number of ketones is 1. The van der Waals surface area contributed by atoms with E-state index in [4.69, 9.17) is 5.26 Å². The molecule has 0 atom stereocenters. The van der Waals surface area contributed by atoms with Crippen LogP contribution in [-0.2, 0) is 0 Å². The van der Waals surface area contributed by atoms with Crippen LogP contribution < -0.4 is 0 Å². The number of carbonyl (C=O) groups excluding carboxylic acids is 1. The van der Waals surface area contributed by atoms with Crippen LogP contribution in [0.15, 0.2) is 16.6 Å².